The molecule has 0 aliphatic carbocycles. The van der Waals surface area contributed by atoms with Crippen molar-refractivity contribution in [3.8, 4) is 0 Å². The summed E-state index contributed by atoms with van der Waals surface area (Å²) in [5.41, 5.74) is 2.23. The Bertz CT molecular complexity index is 687. The molecule has 2 aromatic carbocycles. The van der Waals surface area contributed by atoms with Crippen LogP contribution in [0, 0.1) is 0 Å². The van der Waals surface area contributed by atoms with E-state index in [4.69, 9.17) is 0 Å². The number of benzene rings is 2. The number of amides is 2. The zero-order valence-corrected chi connectivity index (χ0v) is 12.0. The molecule has 0 saturated heterocycles. The number of fused-ring (bicyclic) bond motifs is 1. The monoisotopic (exact) mass is 327 g/mol. The fourth-order valence-corrected chi connectivity index (χ4v) is 2.73. The molecule has 0 bridgehead atoms. The van der Waals surface area contributed by atoms with Gasteiger partial charge in [0, 0.05) is 4.99 Å². The second-order valence-corrected chi connectivity index (χ2v) is 4.81. The van der Waals surface area contributed by atoms with Gasteiger partial charge in [0.25, 0.3) is 11.8 Å². The maximum absolute atomic E-state index is 12.4. The number of carbonyl (C=O) groups is 2. The lowest BCUT2D eigenvalue weighted by atomic mass is 10.1. The molecule has 1 aliphatic heterocycles. The fourth-order valence-electron chi connectivity index (χ4n) is 2.26. The first-order valence-corrected chi connectivity index (χ1v) is 6.99. The van der Waals surface area contributed by atoms with Crippen LogP contribution in [0.2, 0.25) is 0 Å². The van der Waals surface area contributed by atoms with E-state index in [1.165, 1.54) is 4.90 Å². The molecule has 0 saturated carbocycles. The van der Waals surface area contributed by atoms with Gasteiger partial charge in [-0.2, -0.15) is 0 Å². The average Bonchev–Trinajstić information content (AvgIpc) is 2.75. The van der Waals surface area contributed by atoms with Crippen molar-refractivity contribution in [1.82, 2.24) is 4.90 Å². The van der Waals surface area contributed by atoms with E-state index in [0.717, 1.165) is 5.56 Å². The van der Waals surface area contributed by atoms with Crippen LogP contribution in [-0.4, -0.2) is 16.7 Å². The number of hydrogen-bond acceptors (Lipinski definition) is 2. The van der Waals surface area contributed by atoms with Crippen LogP contribution in [0.25, 0.3) is 5.70 Å². The molecular formula is C16H10BrNO2. The average molecular weight is 328 g/mol. The fraction of sp³-hybridized carbons (Fsp3) is 0. The van der Waals surface area contributed by atoms with Crippen LogP contribution in [-0.2, 0) is 0 Å². The zero-order chi connectivity index (χ0) is 14.1. The lowest BCUT2D eigenvalue weighted by molar-refractivity contribution is 0.0736. The van der Waals surface area contributed by atoms with E-state index in [9.17, 15) is 9.59 Å². The van der Waals surface area contributed by atoms with Gasteiger partial charge in [-0.15, -0.1) is 0 Å². The predicted molar refractivity (Wildman–Crippen MR) is 80.3 cm³/mol. The molecule has 1 heterocycles. The summed E-state index contributed by atoms with van der Waals surface area (Å²) in [4.78, 5) is 27.7. The van der Waals surface area contributed by atoms with Crippen LogP contribution < -0.4 is 0 Å². The van der Waals surface area contributed by atoms with Crippen LogP contribution >= 0.6 is 15.9 Å². The van der Waals surface area contributed by atoms with Gasteiger partial charge in [-0.25, -0.2) is 4.90 Å². The molecule has 0 atom stereocenters. The van der Waals surface area contributed by atoms with Gasteiger partial charge >= 0.3 is 0 Å². The summed E-state index contributed by atoms with van der Waals surface area (Å²) < 4.78 is 0. The standard InChI is InChI=1S/C16H10BrNO2/c17-10-14(11-6-2-1-3-7-11)18-15(19)12-8-4-5-9-13(12)16(18)20/h1-10H/b14-10+. The third kappa shape index (κ3) is 1.89. The molecule has 2 amide bonds. The Balaban J connectivity index is 2.09. The van der Waals surface area contributed by atoms with Crippen molar-refractivity contribution in [2.45, 2.75) is 0 Å². The van der Waals surface area contributed by atoms with Gasteiger partial charge in [-0.1, -0.05) is 58.4 Å². The summed E-state index contributed by atoms with van der Waals surface area (Å²) in [5.74, 6) is -0.583. The van der Waals surface area contributed by atoms with E-state index in [2.05, 4.69) is 15.9 Å². The van der Waals surface area contributed by atoms with Gasteiger partial charge in [-0.05, 0) is 17.7 Å². The number of halogens is 1. The topological polar surface area (TPSA) is 37.4 Å². The zero-order valence-electron chi connectivity index (χ0n) is 10.4. The van der Waals surface area contributed by atoms with Gasteiger partial charge in [0.2, 0.25) is 0 Å². The molecule has 3 rings (SSSR count). The van der Waals surface area contributed by atoms with Gasteiger partial charge in [0.05, 0.1) is 16.8 Å². The van der Waals surface area contributed by atoms with Crippen LogP contribution in [0.1, 0.15) is 26.3 Å². The summed E-state index contributed by atoms with van der Waals surface area (Å²) >= 11 is 3.25. The quantitative estimate of drug-likeness (QED) is 0.789. The molecule has 0 aromatic heterocycles. The maximum atomic E-state index is 12.4. The van der Waals surface area contributed by atoms with Gasteiger partial charge in [0.1, 0.15) is 0 Å². The van der Waals surface area contributed by atoms with Crippen molar-refractivity contribution in [2.24, 2.45) is 0 Å². The smallest absolute Gasteiger partial charge is 0.266 e. The molecule has 0 N–H and O–H groups in total. The van der Waals surface area contributed by atoms with Crippen molar-refractivity contribution < 1.29 is 9.59 Å². The Hall–Kier alpha value is -2.20. The molecule has 0 radical (unpaired) electrons. The minimum atomic E-state index is -0.292. The Kier molecular flexibility index (Phi) is 3.24. The normalized spacial score (nSPS) is 14.7. The van der Waals surface area contributed by atoms with Crippen molar-refractivity contribution >= 4 is 33.4 Å². The summed E-state index contributed by atoms with van der Waals surface area (Å²) in [6.45, 7) is 0. The SMILES string of the molecule is O=C1c2ccccc2C(=O)N1/C(=C/Br)c1ccccc1. The summed E-state index contributed by atoms with van der Waals surface area (Å²) in [5, 5.41) is 0. The van der Waals surface area contributed by atoms with Crippen molar-refractivity contribution in [1.29, 1.82) is 0 Å². The molecular weight excluding hydrogens is 318 g/mol. The van der Waals surface area contributed by atoms with Gasteiger partial charge in [0.15, 0.2) is 0 Å². The number of rotatable bonds is 2. The number of nitrogens with zero attached hydrogens (tertiary/aromatic N) is 1. The third-order valence-corrected chi connectivity index (χ3v) is 3.64. The number of carbonyl (C=O) groups excluding carboxylic acids is 2. The molecule has 1 aliphatic rings. The third-order valence-electron chi connectivity index (χ3n) is 3.21. The molecule has 0 spiro atoms. The van der Waals surface area contributed by atoms with E-state index in [0.29, 0.717) is 16.8 Å². The summed E-state index contributed by atoms with van der Waals surface area (Å²) in [7, 11) is 0. The minimum absolute atomic E-state index is 0.292. The predicted octanol–water partition coefficient (Wildman–Crippen LogP) is 3.68. The van der Waals surface area contributed by atoms with E-state index in [1.54, 1.807) is 29.3 Å². The van der Waals surface area contributed by atoms with E-state index < -0.39 is 0 Å². The van der Waals surface area contributed by atoms with Crippen molar-refractivity contribution in [3.63, 3.8) is 0 Å². The van der Waals surface area contributed by atoms with Crippen LogP contribution in [0.15, 0.2) is 59.6 Å². The first-order valence-electron chi connectivity index (χ1n) is 6.07. The largest absolute Gasteiger partial charge is 0.268 e. The van der Waals surface area contributed by atoms with Crippen molar-refractivity contribution in [3.05, 3.63) is 76.3 Å². The highest BCUT2D eigenvalue weighted by Crippen LogP contribution is 2.31. The Morgan fingerprint density at radius 1 is 0.850 bits per heavy atom. The minimum Gasteiger partial charge on any atom is -0.268 e. The Morgan fingerprint density at radius 2 is 1.35 bits per heavy atom. The first kappa shape index (κ1) is 12.8. The second kappa shape index (κ2) is 5.06. The molecule has 20 heavy (non-hydrogen) atoms. The number of imide groups is 1. The van der Waals surface area contributed by atoms with E-state index >= 15 is 0 Å². The molecule has 2 aromatic rings. The molecule has 4 heteroatoms. The summed E-state index contributed by atoms with van der Waals surface area (Å²) in [6, 6.07) is 16.2. The van der Waals surface area contributed by atoms with E-state index in [-0.39, 0.29) is 11.8 Å². The highest BCUT2D eigenvalue weighted by atomic mass is 79.9. The lowest BCUT2D eigenvalue weighted by Crippen LogP contribution is -2.27. The van der Waals surface area contributed by atoms with Crippen molar-refractivity contribution in [2.75, 3.05) is 0 Å². The highest BCUT2D eigenvalue weighted by Gasteiger charge is 2.37. The van der Waals surface area contributed by atoms with Crippen LogP contribution in [0.3, 0.4) is 0 Å². The number of hydrogen-bond donors (Lipinski definition) is 0. The molecule has 3 nitrogen and oxygen atoms in total. The molecule has 0 fully saturated rings. The lowest BCUT2D eigenvalue weighted by Gasteiger charge is -2.17. The molecule has 98 valence electrons. The van der Waals surface area contributed by atoms with Gasteiger partial charge in [-0.3, -0.25) is 9.59 Å². The maximum Gasteiger partial charge on any atom is 0.266 e. The first-order chi connectivity index (χ1) is 9.74. The Morgan fingerprint density at radius 3 is 1.85 bits per heavy atom. The summed E-state index contributed by atoms with van der Waals surface area (Å²) in [6.07, 6.45) is 0. The second-order valence-electron chi connectivity index (χ2n) is 4.35. The van der Waals surface area contributed by atoms with Crippen LogP contribution in [0.4, 0.5) is 0 Å². The highest BCUT2D eigenvalue weighted by molar-refractivity contribution is 9.11. The Labute approximate surface area is 124 Å². The molecule has 0 unspecified atom stereocenters. The van der Waals surface area contributed by atoms with Crippen LogP contribution in [0.5, 0.6) is 0 Å². The van der Waals surface area contributed by atoms with Gasteiger partial charge < -0.3 is 0 Å². The van der Waals surface area contributed by atoms with E-state index in [1.807, 2.05) is 30.3 Å².